The van der Waals surface area contributed by atoms with E-state index < -0.39 is 0 Å². The number of benzene rings is 2. The van der Waals surface area contributed by atoms with E-state index in [0.717, 1.165) is 34.2 Å². The summed E-state index contributed by atoms with van der Waals surface area (Å²) in [5, 5.41) is 4.07. The Morgan fingerprint density at radius 3 is 2.58 bits per heavy atom. The van der Waals surface area contributed by atoms with Gasteiger partial charge in [-0.05, 0) is 48.6 Å². The molecule has 3 heterocycles. The Balaban J connectivity index is 1.61. The largest absolute Gasteiger partial charge is 0.497 e. The maximum Gasteiger partial charge on any atom is 0.174 e. The fourth-order valence-corrected chi connectivity index (χ4v) is 4.30. The van der Waals surface area contributed by atoms with E-state index >= 15 is 0 Å². The van der Waals surface area contributed by atoms with Gasteiger partial charge in [0.25, 0.3) is 0 Å². The Bertz CT molecular complexity index is 1190. The SMILES string of the molecule is COc1cccc(N2C(=S)N[C@H](c3ccccn3)[C@@H]2c2ccc(-c3ccccc3)o2)c1. The molecule has 2 aromatic carbocycles. The van der Waals surface area contributed by atoms with Crippen molar-refractivity contribution in [2.75, 3.05) is 12.0 Å². The minimum atomic E-state index is -0.202. The Labute approximate surface area is 186 Å². The highest BCUT2D eigenvalue weighted by molar-refractivity contribution is 7.80. The molecule has 31 heavy (non-hydrogen) atoms. The van der Waals surface area contributed by atoms with E-state index in [2.05, 4.69) is 15.2 Å². The first kappa shape index (κ1) is 19.3. The van der Waals surface area contributed by atoms with E-state index in [1.165, 1.54) is 0 Å². The van der Waals surface area contributed by atoms with E-state index in [4.69, 9.17) is 21.4 Å². The van der Waals surface area contributed by atoms with Crippen LogP contribution in [0, 0.1) is 0 Å². The predicted octanol–water partition coefficient (Wildman–Crippen LogP) is 5.53. The van der Waals surface area contributed by atoms with Crippen molar-refractivity contribution in [3.05, 3.63) is 103 Å². The van der Waals surface area contributed by atoms with Crippen LogP contribution in [-0.4, -0.2) is 17.2 Å². The standard InChI is InChI=1S/C25H21N3O2S/c1-29-19-11-7-10-18(16-19)28-24(23(27-25(28)31)20-12-5-6-15-26-20)22-14-13-21(30-22)17-8-3-2-4-9-17/h2-16,23-24H,1H3,(H,27,31)/t23-,24+/m1/s1. The zero-order valence-electron chi connectivity index (χ0n) is 16.9. The maximum absolute atomic E-state index is 6.36. The summed E-state index contributed by atoms with van der Waals surface area (Å²) >= 11 is 5.76. The monoisotopic (exact) mass is 427 g/mol. The number of furan rings is 1. The Kier molecular flexibility index (Phi) is 5.14. The lowest BCUT2D eigenvalue weighted by molar-refractivity contribution is 0.414. The molecular weight excluding hydrogens is 406 g/mol. The summed E-state index contributed by atoms with van der Waals surface area (Å²) in [4.78, 5) is 6.66. The molecule has 0 spiro atoms. The van der Waals surface area contributed by atoms with Crippen LogP contribution in [0.3, 0.4) is 0 Å². The van der Waals surface area contributed by atoms with Crippen LogP contribution in [0.5, 0.6) is 5.75 Å². The zero-order valence-corrected chi connectivity index (χ0v) is 17.8. The molecule has 6 heteroatoms. The summed E-state index contributed by atoms with van der Waals surface area (Å²) < 4.78 is 11.8. The fourth-order valence-electron chi connectivity index (χ4n) is 3.95. The Morgan fingerprint density at radius 2 is 1.81 bits per heavy atom. The maximum atomic E-state index is 6.36. The first-order chi connectivity index (χ1) is 15.2. The van der Waals surface area contributed by atoms with Gasteiger partial charge in [0.15, 0.2) is 5.11 Å². The van der Waals surface area contributed by atoms with E-state index in [-0.39, 0.29) is 12.1 Å². The number of nitrogens with one attached hydrogen (secondary N) is 1. The molecule has 5 nitrogen and oxygen atoms in total. The average molecular weight is 428 g/mol. The number of thiocarbonyl (C=S) groups is 1. The number of anilines is 1. The number of ether oxygens (including phenoxy) is 1. The van der Waals surface area contributed by atoms with Gasteiger partial charge in [-0.1, -0.05) is 42.5 Å². The quantitative estimate of drug-likeness (QED) is 0.423. The van der Waals surface area contributed by atoms with Crippen molar-refractivity contribution in [3.63, 3.8) is 0 Å². The van der Waals surface area contributed by atoms with Gasteiger partial charge in [-0.15, -0.1) is 0 Å². The van der Waals surface area contributed by atoms with Gasteiger partial charge >= 0.3 is 0 Å². The van der Waals surface area contributed by atoms with Crippen molar-refractivity contribution < 1.29 is 9.15 Å². The molecule has 2 atom stereocenters. The molecule has 4 aromatic rings. The lowest BCUT2D eigenvalue weighted by atomic mass is 10.0. The predicted molar refractivity (Wildman–Crippen MR) is 125 cm³/mol. The molecule has 1 saturated heterocycles. The van der Waals surface area contributed by atoms with Crippen LogP contribution in [0.2, 0.25) is 0 Å². The van der Waals surface area contributed by atoms with Crippen LogP contribution in [0.25, 0.3) is 11.3 Å². The number of rotatable bonds is 5. The second kappa shape index (κ2) is 8.24. The van der Waals surface area contributed by atoms with Crippen LogP contribution < -0.4 is 15.0 Å². The topological polar surface area (TPSA) is 50.5 Å². The number of aromatic nitrogens is 1. The van der Waals surface area contributed by atoms with Gasteiger partial charge in [-0.25, -0.2) is 0 Å². The number of hydrogen-bond acceptors (Lipinski definition) is 4. The molecule has 5 rings (SSSR count). The minimum Gasteiger partial charge on any atom is -0.497 e. The van der Waals surface area contributed by atoms with E-state index in [1.54, 1.807) is 13.3 Å². The van der Waals surface area contributed by atoms with Gasteiger partial charge < -0.3 is 19.4 Å². The molecule has 0 unspecified atom stereocenters. The van der Waals surface area contributed by atoms with Gasteiger partial charge in [0, 0.05) is 23.5 Å². The van der Waals surface area contributed by atoms with E-state index in [1.807, 2.05) is 84.9 Å². The Morgan fingerprint density at radius 1 is 0.968 bits per heavy atom. The van der Waals surface area contributed by atoms with Crippen LogP contribution in [0.1, 0.15) is 23.5 Å². The van der Waals surface area contributed by atoms with E-state index in [9.17, 15) is 0 Å². The molecule has 0 radical (unpaired) electrons. The molecule has 1 N–H and O–H groups in total. The first-order valence-electron chi connectivity index (χ1n) is 10.0. The summed E-state index contributed by atoms with van der Waals surface area (Å²) in [6, 6.07) is 27.5. The third-order valence-corrected chi connectivity index (χ3v) is 5.72. The second-order valence-corrected chi connectivity index (χ2v) is 7.65. The number of pyridine rings is 1. The lowest BCUT2D eigenvalue weighted by Gasteiger charge is -2.26. The van der Waals surface area contributed by atoms with Crippen LogP contribution >= 0.6 is 12.2 Å². The molecule has 154 valence electrons. The summed E-state index contributed by atoms with van der Waals surface area (Å²) in [6.07, 6.45) is 1.79. The van der Waals surface area contributed by atoms with Gasteiger partial charge in [0.2, 0.25) is 0 Å². The highest BCUT2D eigenvalue weighted by Crippen LogP contribution is 2.43. The highest BCUT2D eigenvalue weighted by Gasteiger charge is 2.42. The summed E-state index contributed by atoms with van der Waals surface area (Å²) in [6.45, 7) is 0. The summed E-state index contributed by atoms with van der Waals surface area (Å²) in [7, 11) is 1.66. The van der Waals surface area contributed by atoms with Gasteiger partial charge in [-0.2, -0.15) is 0 Å². The lowest BCUT2D eigenvalue weighted by Crippen LogP contribution is -2.29. The van der Waals surface area contributed by atoms with Crippen molar-refractivity contribution in [1.29, 1.82) is 0 Å². The fraction of sp³-hybridized carbons (Fsp3) is 0.120. The van der Waals surface area contributed by atoms with Crippen LogP contribution in [-0.2, 0) is 0 Å². The van der Waals surface area contributed by atoms with Gasteiger partial charge in [0.05, 0.1) is 18.8 Å². The van der Waals surface area contributed by atoms with Gasteiger partial charge in [-0.3, -0.25) is 4.98 Å². The molecule has 0 aliphatic carbocycles. The van der Waals surface area contributed by atoms with Gasteiger partial charge in [0.1, 0.15) is 23.3 Å². The molecule has 1 aliphatic rings. The van der Waals surface area contributed by atoms with Crippen molar-refractivity contribution >= 4 is 23.0 Å². The summed E-state index contributed by atoms with van der Waals surface area (Å²) in [5.41, 5.74) is 2.86. The minimum absolute atomic E-state index is 0.158. The zero-order chi connectivity index (χ0) is 21.2. The molecule has 0 amide bonds. The first-order valence-corrected chi connectivity index (χ1v) is 10.5. The molecular formula is C25H21N3O2S. The third kappa shape index (κ3) is 3.66. The normalized spacial score (nSPS) is 18.1. The number of nitrogens with zero attached hydrogens (tertiary/aromatic N) is 2. The van der Waals surface area contributed by atoms with Crippen molar-refractivity contribution in [1.82, 2.24) is 10.3 Å². The van der Waals surface area contributed by atoms with Crippen molar-refractivity contribution in [2.45, 2.75) is 12.1 Å². The average Bonchev–Trinajstić information content (AvgIpc) is 3.45. The Hall–Kier alpha value is -3.64. The van der Waals surface area contributed by atoms with Crippen molar-refractivity contribution in [3.8, 4) is 17.1 Å². The molecule has 0 saturated carbocycles. The second-order valence-electron chi connectivity index (χ2n) is 7.27. The van der Waals surface area contributed by atoms with Crippen LogP contribution in [0.15, 0.2) is 95.5 Å². The molecule has 1 fully saturated rings. The smallest absolute Gasteiger partial charge is 0.174 e. The molecule has 1 aliphatic heterocycles. The number of methoxy groups -OCH3 is 1. The molecule has 0 bridgehead atoms. The molecule has 2 aromatic heterocycles. The number of hydrogen-bond donors (Lipinski definition) is 1. The highest BCUT2D eigenvalue weighted by atomic mass is 32.1. The third-order valence-electron chi connectivity index (χ3n) is 5.41. The van der Waals surface area contributed by atoms with Crippen LogP contribution in [0.4, 0.5) is 5.69 Å². The van der Waals surface area contributed by atoms with E-state index in [0.29, 0.717) is 5.11 Å². The van der Waals surface area contributed by atoms with Crippen molar-refractivity contribution in [2.24, 2.45) is 0 Å². The summed E-state index contributed by atoms with van der Waals surface area (Å²) in [5.74, 6) is 2.40.